The molecule has 2 amide bonds. The molecule has 4 rings (SSSR count). The lowest BCUT2D eigenvalue weighted by Crippen LogP contribution is -2.49. The summed E-state index contributed by atoms with van der Waals surface area (Å²) in [4.78, 5) is 29.6. The minimum absolute atomic E-state index is 0.0210. The Morgan fingerprint density at radius 1 is 1.21 bits per heavy atom. The van der Waals surface area contributed by atoms with Gasteiger partial charge in [-0.2, -0.15) is 0 Å². The molecule has 5 nitrogen and oxygen atoms in total. The van der Waals surface area contributed by atoms with Gasteiger partial charge in [0.2, 0.25) is 5.91 Å². The summed E-state index contributed by atoms with van der Waals surface area (Å²) in [7, 11) is 1.63. The van der Waals surface area contributed by atoms with Crippen molar-refractivity contribution in [3.8, 4) is 0 Å². The normalized spacial score (nSPS) is 22.3. The zero-order valence-electron chi connectivity index (χ0n) is 16.1. The number of carbonyl (C=O) groups is 2. The van der Waals surface area contributed by atoms with Gasteiger partial charge in [-0.25, -0.2) is 0 Å². The predicted octanol–water partition coefficient (Wildman–Crippen LogP) is 3.73. The molecule has 148 valence electrons. The van der Waals surface area contributed by atoms with Gasteiger partial charge in [0.05, 0.1) is 18.6 Å². The number of hydrogen-bond acceptors (Lipinski definition) is 4. The van der Waals surface area contributed by atoms with Crippen LogP contribution in [0.4, 0.5) is 0 Å². The van der Waals surface area contributed by atoms with E-state index in [1.54, 1.807) is 18.4 Å². The van der Waals surface area contributed by atoms with E-state index in [9.17, 15) is 9.59 Å². The highest BCUT2D eigenvalue weighted by molar-refractivity contribution is 7.10. The molecule has 2 heterocycles. The Hall–Kier alpha value is -2.18. The van der Waals surface area contributed by atoms with Crippen LogP contribution < -0.4 is 5.32 Å². The number of nitrogens with one attached hydrogen (secondary N) is 1. The summed E-state index contributed by atoms with van der Waals surface area (Å²) in [5.74, 6) is -0.423. The molecule has 1 aromatic carbocycles. The third-order valence-corrected chi connectivity index (χ3v) is 6.74. The molecule has 2 unspecified atom stereocenters. The van der Waals surface area contributed by atoms with Gasteiger partial charge in [0, 0.05) is 30.1 Å². The van der Waals surface area contributed by atoms with Crippen LogP contribution in [0.1, 0.15) is 58.4 Å². The number of rotatable bonds is 6. The summed E-state index contributed by atoms with van der Waals surface area (Å²) >= 11 is 1.59. The fourth-order valence-corrected chi connectivity index (χ4v) is 5.32. The Morgan fingerprint density at radius 2 is 2.00 bits per heavy atom. The van der Waals surface area contributed by atoms with Gasteiger partial charge >= 0.3 is 0 Å². The first-order valence-electron chi connectivity index (χ1n) is 9.93. The highest BCUT2D eigenvalue weighted by Gasteiger charge is 2.44. The predicted molar refractivity (Wildman–Crippen MR) is 110 cm³/mol. The van der Waals surface area contributed by atoms with Gasteiger partial charge in [0.25, 0.3) is 5.91 Å². The highest BCUT2D eigenvalue weighted by Crippen LogP contribution is 2.44. The molecule has 1 fully saturated rings. The first-order chi connectivity index (χ1) is 13.7. The lowest BCUT2D eigenvalue weighted by Gasteiger charge is -2.41. The standard InChI is InChI=1S/C22H26N2O3S/c1-27-13-12-24-20(18-11-6-14-28-18)19(21(25)23-15-7-2-3-8-15)16-9-4-5-10-17(16)22(24)26/h4-6,9-11,14-15,19-20H,2-3,7-8,12-13H2,1H3,(H,23,25). The lowest BCUT2D eigenvalue weighted by atomic mass is 9.81. The van der Waals surface area contributed by atoms with Crippen molar-refractivity contribution >= 4 is 23.2 Å². The number of fused-ring (bicyclic) bond motifs is 1. The molecule has 0 saturated heterocycles. The van der Waals surface area contributed by atoms with Crippen molar-refractivity contribution in [1.82, 2.24) is 10.2 Å². The molecule has 0 radical (unpaired) electrons. The summed E-state index contributed by atoms with van der Waals surface area (Å²) < 4.78 is 5.26. The van der Waals surface area contributed by atoms with E-state index in [2.05, 4.69) is 5.32 Å². The molecule has 6 heteroatoms. The smallest absolute Gasteiger partial charge is 0.254 e. The number of benzene rings is 1. The molecule has 1 aliphatic heterocycles. The first kappa shape index (κ1) is 19.2. The molecular weight excluding hydrogens is 372 g/mol. The average Bonchev–Trinajstić information content (AvgIpc) is 3.41. The third kappa shape index (κ3) is 3.59. The number of ether oxygens (including phenoxy) is 1. The zero-order valence-corrected chi connectivity index (χ0v) is 16.9. The Bertz CT molecular complexity index is 830. The fraction of sp³-hybridized carbons (Fsp3) is 0.455. The van der Waals surface area contributed by atoms with Crippen LogP contribution >= 0.6 is 11.3 Å². The molecule has 1 saturated carbocycles. The Balaban J connectivity index is 1.76. The summed E-state index contributed by atoms with van der Waals surface area (Å²) in [5, 5.41) is 5.27. The van der Waals surface area contributed by atoms with Gasteiger partial charge in [0.15, 0.2) is 0 Å². The molecule has 0 spiro atoms. The van der Waals surface area contributed by atoms with Crippen molar-refractivity contribution in [2.75, 3.05) is 20.3 Å². The monoisotopic (exact) mass is 398 g/mol. The minimum Gasteiger partial charge on any atom is -0.383 e. The number of nitrogens with zero attached hydrogens (tertiary/aromatic N) is 1. The van der Waals surface area contributed by atoms with Crippen molar-refractivity contribution in [3.05, 3.63) is 57.8 Å². The van der Waals surface area contributed by atoms with E-state index < -0.39 is 5.92 Å². The minimum atomic E-state index is -0.412. The van der Waals surface area contributed by atoms with Crippen LogP contribution in [0.2, 0.25) is 0 Å². The van der Waals surface area contributed by atoms with Gasteiger partial charge in [-0.05, 0) is 35.9 Å². The molecule has 28 heavy (non-hydrogen) atoms. The van der Waals surface area contributed by atoms with Crippen LogP contribution in [0.3, 0.4) is 0 Å². The second-order valence-electron chi connectivity index (χ2n) is 7.51. The highest BCUT2D eigenvalue weighted by atomic mass is 32.1. The summed E-state index contributed by atoms with van der Waals surface area (Å²) in [6, 6.07) is 11.5. The van der Waals surface area contributed by atoms with E-state index in [4.69, 9.17) is 4.74 Å². The van der Waals surface area contributed by atoms with E-state index in [1.807, 2.05) is 46.7 Å². The second kappa shape index (κ2) is 8.45. The van der Waals surface area contributed by atoms with Gasteiger partial charge < -0.3 is 15.0 Å². The largest absolute Gasteiger partial charge is 0.383 e. The van der Waals surface area contributed by atoms with E-state index in [-0.39, 0.29) is 23.9 Å². The van der Waals surface area contributed by atoms with E-state index >= 15 is 0 Å². The molecule has 2 atom stereocenters. The van der Waals surface area contributed by atoms with Crippen LogP contribution in [0.5, 0.6) is 0 Å². The van der Waals surface area contributed by atoms with E-state index in [0.29, 0.717) is 18.7 Å². The van der Waals surface area contributed by atoms with E-state index in [1.165, 1.54) is 12.8 Å². The topological polar surface area (TPSA) is 58.6 Å². The SMILES string of the molecule is COCCN1C(=O)c2ccccc2C(C(=O)NC2CCCC2)C1c1cccs1. The summed E-state index contributed by atoms with van der Waals surface area (Å²) in [5.41, 5.74) is 1.45. The maximum Gasteiger partial charge on any atom is 0.254 e. The second-order valence-corrected chi connectivity index (χ2v) is 8.49. The first-order valence-corrected chi connectivity index (χ1v) is 10.8. The molecule has 1 aliphatic carbocycles. The zero-order chi connectivity index (χ0) is 19.5. The van der Waals surface area contributed by atoms with Crippen LogP contribution in [-0.2, 0) is 9.53 Å². The molecule has 2 aliphatic rings. The van der Waals surface area contributed by atoms with Crippen molar-refractivity contribution < 1.29 is 14.3 Å². The van der Waals surface area contributed by atoms with E-state index in [0.717, 1.165) is 23.3 Å². The number of thiophene rings is 1. The van der Waals surface area contributed by atoms with Crippen molar-refractivity contribution in [2.24, 2.45) is 0 Å². The average molecular weight is 399 g/mol. The molecular formula is C22H26N2O3S. The Morgan fingerprint density at radius 3 is 2.71 bits per heavy atom. The number of carbonyl (C=O) groups excluding carboxylic acids is 2. The van der Waals surface area contributed by atoms with Crippen LogP contribution in [0, 0.1) is 0 Å². The maximum atomic E-state index is 13.5. The van der Waals surface area contributed by atoms with Crippen LogP contribution in [0.15, 0.2) is 41.8 Å². The Labute approximate surface area is 169 Å². The third-order valence-electron chi connectivity index (χ3n) is 5.79. The lowest BCUT2D eigenvalue weighted by molar-refractivity contribution is -0.125. The maximum absolute atomic E-state index is 13.5. The molecule has 0 bridgehead atoms. The molecule has 2 aromatic rings. The number of methoxy groups -OCH3 is 1. The summed E-state index contributed by atoms with van der Waals surface area (Å²) in [6.45, 7) is 0.895. The number of hydrogen-bond donors (Lipinski definition) is 1. The van der Waals surface area contributed by atoms with Gasteiger partial charge in [-0.3, -0.25) is 9.59 Å². The Kier molecular flexibility index (Phi) is 5.78. The fourth-order valence-electron chi connectivity index (χ4n) is 4.45. The van der Waals surface area contributed by atoms with Gasteiger partial charge in [-0.1, -0.05) is 37.1 Å². The molecule has 1 aromatic heterocycles. The number of amides is 2. The van der Waals surface area contributed by atoms with Crippen LogP contribution in [-0.4, -0.2) is 43.0 Å². The summed E-state index contributed by atoms with van der Waals surface area (Å²) in [6.07, 6.45) is 4.41. The van der Waals surface area contributed by atoms with Gasteiger partial charge in [0.1, 0.15) is 0 Å². The van der Waals surface area contributed by atoms with Crippen molar-refractivity contribution in [3.63, 3.8) is 0 Å². The quantitative estimate of drug-likeness (QED) is 0.807. The molecule has 1 N–H and O–H groups in total. The van der Waals surface area contributed by atoms with Crippen LogP contribution in [0.25, 0.3) is 0 Å². The van der Waals surface area contributed by atoms with Gasteiger partial charge in [-0.15, -0.1) is 11.3 Å². The van der Waals surface area contributed by atoms with Crippen molar-refractivity contribution in [1.29, 1.82) is 0 Å². The van der Waals surface area contributed by atoms with Crippen molar-refractivity contribution in [2.45, 2.75) is 43.7 Å².